The molecule has 6 nitrogen and oxygen atoms in total. The Hall–Kier alpha value is -2.67. The van der Waals surface area contributed by atoms with Crippen molar-refractivity contribution in [1.82, 2.24) is 9.78 Å². The Kier molecular flexibility index (Phi) is 4.99. The number of aromatic nitrogens is 2. The van der Waals surface area contributed by atoms with Crippen LogP contribution in [0.5, 0.6) is 0 Å². The van der Waals surface area contributed by atoms with E-state index in [1.807, 2.05) is 0 Å². The first-order valence-electron chi connectivity index (χ1n) is 6.74. The van der Waals surface area contributed by atoms with Gasteiger partial charge in [0.25, 0.3) is 0 Å². The van der Waals surface area contributed by atoms with Gasteiger partial charge in [0.15, 0.2) is 5.82 Å². The first-order chi connectivity index (χ1) is 11.6. The minimum Gasteiger partial charge on any atom is -0.274 e. The zero-order valence-corrected chi connectivity index (χ0v) is 14.5. The molecular formula is C15H10BrF3N4O2. The molecule has 130 valence electrons. The molecule has 0 atom stereocenters. The highest BCUT2D eigenvalue weighted by molar-refractivity contribution is 9.10. The smallest absolute Gasteiger partial charge is 0.274 e. The summed E-state index contributed by atoms with van der Waals surface area (Å²) in [4.78, 5) is 24.3. The van der Waals surface area contributed by atoms with Gasteiger partial charge in [-0.05, 0) is 34.1 Å². The number of alkyl halides is 3. The van der Waals surface area contributed by atoms with Crippen LogP contribution in [0.3, 0.4) is 0 Å². The fraction of sp³-hybridized carbons (Fsp3) is 0.200. The molecule has 0 aliphatic rings. The Morgan fingerprint density at radius 2 is 1.88 bits per heavy atom. The quantitative estimate of drug-likeness (QED) is 0.753. The molecule has 0 aliphatic heterocycles. The fourth-order valence-electron chi connectivity index (χ4n) is 2.19. The van der Waals surface area contributed by atoms with Gasteiger partial charge in [-0.2, -0.15) is 23.5 Å². The molecule has 0 spiro atoms. The number of carbonyl (C=O) groups excluding carboxylic acids is 2. The summed E-state index contributed by atoms with van der Waals surface area (Å²) < 4.78 is 39.5. The summed E-state index contributed by atoms with van der Waals surface area (Å²) in [5.41, 5.74) is -0.818. The van der Waals surface area contributed by atoms with Gasteiger partial charge in [-0.15, -0.1) is 0 Å². The van der Waals surface area contributed by atoms with Gasteiger partial charge in [-0.25, -0.2) is 9.58 Å². The van der Waals surface area contributed by atoms with Crippen molar-refractivity contribution in [2.45, 2.75) is 20.0 Å². The molecule has 25 heavy (non-hydrogen) atoms. The van der Waals surface area contributed by atoms with Gasteiger partial charge in [0.05, 0.1) is 17.4 Å². The van der Waals surface area contributed by atoms with Crippen LogP contribution >= 0.6 is 15.9 Å². The summed E-state index contributed by atoms with van der Waals surface area (Å²) in [6, 6.07) is 4.62. The molecule has 0 saturated heterocycles. The molecule has 10 heteroatoms. The molecule has 1 aromatic heterocycles. The first kappa shape index (κ1) is 18.7. The SMILES string of the molecule is CC(=O)N(C(C)=O)c1c(C#N)cnn1-c1ccc(C(F)(F)F)cc1Br. The Morgan fingerprint density at radius 1 is 1.28 bits per heavy atom. The van der Waals surface area contributed by atoms with E-state index in [4.69, 9.17) is 0 Å². The van der Waals surface area contributed by atoms with Crippen LogP contribution in [0.1, 0.15) is 25.0 Å². The highest BCUT2D eigenvalue weighted by Gasteiger charge is 2.32. The maximum Gasteiger partial charge on any atom is 0.416 e. The van der Waals surface area contributed by atoms with Gasteiger partial charge in [0.2, 0.25) is 11.8 Å². The Balaban J connectivity index is 2.70. The Labute approximate surface area is 148 Å². The Bertz CT molecular complexity index is 885. The molecule has 0 radical (unpaired) electrons. The predicted octanol–water partition coefficient (Wildman–Crippen LogP) is 3.42. The second-order valence-corrected chi connectivity index (χ2v) is 5.80. The monoisotopic (exact) mass is 414 g/mol. The van der Waals surface area contributed by atoms with Crippen molar-refractivity contribution < 1.29 is 22.8 Å². The molecule has 0 bridgehead atoms. The number of carbonyl (C=O) groups is 2. The number of imide groups is 1. The van der Waals surface area contributed by atoms with Gasteiger partial charge in [-0.1, -0.05) is 0 Å². The van der Waals surface area contributed by atoms with Crippen molar-refractivity contribution >= 4 is 33.6 Å². The average molecular weight is 415 g/mol. The third-order valence-electron chi connectivity index (χ3n) is 3.21. The number of hydrogen-bond donors (Lipinski definition) is 0. The van der Waals surface area contributed by atoms with Crippen LogP contribution in [0, 0.1) is 11.3 Å². The van der Waals surface area contributed by atoms with E-state index >= 15 is 0 Å². The van der Waals surface area contributed by atoms with Gasteiger partial charge in [0, 0.05) is 18.3 Å². The van der Waals surface area contributed by atoms with Crippen LogP contribution in [0.2, 0.25) is 0 Å². The minimum absolute atomic E-state index is 0.0308. The number of hydrogen-bond acceptors (Lipinski definition) is 4. The molecular weight excluding hydrogens is 405 g/mol. The summed E-state index contributed by atoms with van der Waals surface area (Å²) in [6.45, 7) is 2.25. The second kappa shape index (κ2) is 6.68. The predicted molar refractivity (Wildman–Crippen MR) is 84.8 cm³/mol. The summed E-state index contributed by atoms with van der Waals surface area (Å²) in [7, 11) is 0. The normalized spacial score (nSPS) is 11.1. The maximum absolute atomic E-state index is 12.8. The lowest BCUT2D eigenvalue weighted by Crippen LogP contribution is -2.35. The fourth-order valence-corrected chi connectivity index (χ4v) is 2.73. The minimum atomic E-state index is -4.53. The van der Waals surface area contributed by atoms with E-state index in [1.165, 1.54) is 0 Å². The summed E-state index contributed by atoms with van der Waals surface area (Å²) in [5.74, 6) is -1.45. The van der Waals surface area contributed by atoms with Crippen molar-refractivity contribution in [2.75, 3.05) is 4.90 Å². The van der Waals surface area contributed by atoms with Gasteiger partial charge >= 0.3 is 6.18 Å². The molecule has 1 aromatic carbocycles. The topological polar surface area (TPSA) is 79.0 Å². The molecule has 0 aliphatic carbocycles. The molecule has 2 amide bonds. The van der Waals surface area contributed by atoms with Gasteiger partial charge in [0.1, 0.15) is 11.6 Å². The van der Waals surface area contributed by atoms with Crippen molar-refractivity contribution in [1.29, 1.82) is 5.26 Å². The van der Waals surface area contributed by atoms with Crippen LogP contribution in [-0.2, 0) is 15.8 Å². The number of amides is 2. The van der Waals surface area contributed by atoms with Crippen molar-refractivity contribution in [2.24, 2.45) is 0 Å². The van der Waals surface area contributed by atoms with Crippen molar-refractivity contribution in [3.05, 3.63) is 40.0 Å². The highest BCUT2D eigenvalue weighted by atomic mass is 79.9. The van der Waals surface area contributed by atoms with E-state index in [9.17, 15) is 28.0 Å². The number of nitriles is 1. The third-order valence-corrected chi connectivity index (χ3v) is 3.84. The number of nitrogens with zero attached hydrogens (tertiary/aromatic N) is 4. The molecule has 0 unspecified atom stereocenters. The van der Waals surface area contributed by atoms with E-state index in [0.29, 0.717) is 0 Å². The number of rotatable bonds is 2. The molecule has 0 N–H and O–H groups in total. The van der Waals surface area contributed by atoms with Gasteiger partial charge < -0.3 is 0 Å². The molecule has 2 aromatic rings. The van der Waals surface area contributed by atoms with Crippen LogP contribution in [0.25, 0.3) is 5.69 Å². The molecule has 2 rings (SSSR count). The lowest BCUT2D eigenvalue weighted by Gasteiger charge is -2.20. The van der Waals surface area contributed by atoms with E-state index in [1.54, 1.807) is 6.07 Å². The molecule has 0 saturated carbocycles. The molecule has 0 fully saturated rings. The molecule has 1 heterocycles. The van der Waals surface area contributed by atoms with Crippen LogP contribution in [-0.4, -0.2) is 21.6 Å². The van der Waals surface area contributed by atoms with Crippen molar-refractivity contribution in [3.63, 3.8) is 0 Å². The summed E-state index contributed by atoms with van der Waals surface area (Å²) in [5, 5.41) is 13.1. The Morgan fingerprint density at radius 3 is 2.32 bits per heavy atom. The largest absolute Gasteiger partial charge is 0.416 e. The zero-order valence-electron chi connectivity index (χ0n) is 12.9. The van der Waals surface area contributed by atoms with Crippen LogP contribution in [0.15, 0.2) is 28.9 Å². The number of benzene rings is 1. The standard InChI is InChI=1S/C15H10BrF3N4O2/c1-8(24)22(9(2)25)14-10(6-20)7-21-23(14)13-4-3-11(5-12(13)16)15(17,18)19/h3-5,7H,1-2H3. The van der Waals surface area contributed by atoms with Crippen LogP contribution in [0.4, 0.5) is 19.0 Å². The van der Waals surface area contributed by atoms with Crippen molar-refractivity contribution in [3.8, 4) is 11.8 Å². The first-order valence-corrected chi connectivity index (χ1v) is 7.53. The second-order valence-electron chi connectivity index (χ2n) is 4.94. The summed E-state index contributed by atoms with van der Waals surface area (Å²) in [6.07, 6.45) is -3.41. The lowest BCUT2D eigenvalue weighted by atomic mass is 10.2. The van der Waals surface area contributed by atoms with Crippen LogP contribution < -0.4 is 4.90 Å². The van der Waals surface area contributed by atoms with E-state index < -0.39 is 23.6 Å². The average Bonchev–Trinajstić information content (AvgIpc) is 2.89. The third kappa shape index (κ3) is 3.56. The number of halogens is 4. The zero-order chi connectivity index (χ0) is 18.9. The lowest BCUT2D eigenvalue weighted by molar-refractivity contribution is -0.137. The van der Waals surface area contributed by atoms with E-state index in [2.05, 4.69) is 21.0 Å². The summed E-state index contributed by atoms with van der Waals surface area (Å²) >= 11 is 3.03. The van der Waals surface area contributed by atoms with E-state index in [-0.39, 0.29) is 21.5 Å². The number of anilines is 1. The maximum atomic E-state index is 12.8. The van der Waals surface area contributed by atoms with E-state index in [0.717, 1.165) is 47.8 Å². The highest BCUT2D eigenvalue weighted by Crippen LogP contribution is 2.35. The van der Waals surface area contributed by atoms with Gasteiger partial charge in [-0.3, -0.25) is 9.59 Å².